The summed E-state index contributed by atoms with van der Waals surface area (Å²) in [6, 6.07) is 0.273. The van der Waals surface area contributed by atoms with Gasteiger partial charge in [0.25, 0.3) is 0 Å². The number of aliphatic hydroxyl groups excluding tert-OH is 1. The van der Waals surface area contributed by atoms with Crippen LogP contribution in [-0.4, -0.2) is 44.7 Å². The van der Waals surface area contributed by atoms with Crippen LogP contribution >= 0.6 is 0 Å². The van der Waals surface area contributed by atoms with Crippen LogP contribution in [-0.2, 0) is 9.84 Å². The van der Waals surface area contributed by atoms with Crippen molar-refractivity contribution in [2.75, 3.05) is 25.2 Å². The monoisotopic (exact) mass is 237 g/mol. The highest BCUT2D eigenvalue weighted by molar-refractivity contribution is 7.90. The van der Waals surface area contributed by atoms with Crippen LogP contribution in [0.2, 0.25) is 0 Å². The average molecular weight is 237 g/mol. The first-order chi connectivity index (χ1) is 6.87. The van der Waals surface area contributed by atoms with E-state index in [0.717, 1.165) is 6.42 Å². The zero-order valence-electron chi connectivity index (χ0n) is 9.86. The largest absolute Gasteiger partial charge is 0.396 e. The molecule has 0 spiro atoms. The Kier molecular flexibility index (Phi) is 7.13. The zero-order valence-corrected chi connectivity index (χ0v) is 10.7. The minimum atomic E-state index is -2.84. The van der Waals surface area contributed by atoms with Gasteiger partial charge in [-0.1, -0.05) is 13.8 Å². The van der Waals surface area contributed by atoms with Gasteiger partial charge in [-0.2, -0.15) is 0 Å². The Balaban J connectivity index is 3.72. The number of hydrogen-bond donors (Lipinski definition) is 2. The van der Waals surface area contributed by atoms with Gasteiger partial charge in [0.2, 0.25) is 0 Å². The zero-order chi connectivity index (χ0) is 11.9. The molecule has 1 atom stereocenters. The van der Waals surface area contributed by atoms with Crippen LogP contribution in [0.3, 0.4) is 0 Å². The van der Waals surface area contributed by atoms with Gasteiger partial charge in [0.15, 0.2) is 0 Å². The number of hydrogen-bond acceptors (Lipinski definition) is 4. The van der Waals surface area contributed by atoms with Crippen LogP contribution in [0, 0.1) is 5.92 Å². The summed E-state index contributed by atoms with van der Waals surface area (Å²) in [5.74, 6) is 0.680. The Bertz CT molecular complexity index is 249. The van der Waals surface area contributed by atoms with Crippen LogP contribution in [0.5, 0.6) is 0 Å². The SMILES string of the molecule is CC(C)C(CCO)NCCCS(C)(=O)=O. The number of rotatable bonds is 8. The molecule has 15 heavy (non-hydrogen) atoms. The van der Waals surface area contributed by atoms with Gasteiger partial charge in [-0.15, -0.1) is 0 Å². The highest BCUT2D eigenvalue weighted by Crippen LogP contribution is 2.05. The molecule has 0 aromatic heterocycles. The Labute approximate surface area is 93.0 Å². The summed E-state index contributed by atoms with van der Waals surface area (Å²) < 4.78 is 21.7. The summed E-state index contributed by atoms with van der Waals surface area (Å²) in [4.78, 5) is 0. The molecule has 2 N–H and O–H groups in total. The molecule has 0 aromatic carbocycles. The number of sulfone groups is 1. The summed E-state index contributed by atoms with van der Waals surface area (Å²) in [5, 5.41) is 12.1. The molecule has 4 nitrogen and oxygen atoms in total. The third-order valence-electron chi connectivity index (χ3n) is 2.34. The molecule has 1 unspecified atom stereocenters. The molecule has 0 bridgehead atoms. The third-order valence-corrected chi connectivity index (χ3v) is 3.37. The second-order valence-corrected chi connectivity index (χ2v) is 6.56. The van der Waals surface area contributed by atoms with Crippen molar-refractivity contribution in [3.8, 4) is 0 Å². The molecule has 0 fully saturated rings. The van der Waals surface area contributed by atoms with Gasteiger partial charge in [-0.3, -0.25) is 0 Å². The molecule has 92 valence electrons. The molecule has 0 aliphatic heterocycles. The Morgan fingerprint density at radius 2 is 1.93 bits per heavy atom. The van der Waals surface area contributed by atoms with E-state index >= 15 is 0 Å². The van der Waals surface area contributed by atoms with Crippen molar-refractivity contribution in [3.63, 3.8) is 0 Å². The van der Waals surface area contributed by atoms with Gasteiger partial charge in [0.05, 0.1) is 5.75 Å². The lowest BCUT2D eigenvalue weighted by Gasteiger charge is -2.21. The highest BCUT2D eigenvalue weighted by atomic mass is 32.2. The topological polar surface area (TPSA) is 66.4 Å². The van der Waals surface area contributed by atoms with E-state index in [0.29, 0.717) is 18.9 Å². The lowest BCUT2D eigenvalue weighted by atomic mass is 10.0. The van der Waals surface area contributed by atoms with Crippen molar-refractivity contribution in [3.05, 3.63) is 0 Å². The average Bonchev–Trinajstić information content (AvgIpc) is 2.08. The van der Waals surface area contributed by atoms with Crippen molar-refractivity contribution in [1.82, 2.24) is 5.32 Å². The fourth-order valence-electron chi connectivity index (χ4n) is 1.43. The van der Waals surface area contributed by atoms with Crippen LogP contribution in [0.4, 0.5) is 0 Å². The molecular formula is C10H23NO3S. The van der Waals surface area contributed by atoms with Crippen LogP contribution < -0.4 is 5.32 Å². The predicted molar refractivity (Wildman–Crippen MR) is 62.7 cm³/mol. The van der Waals surface area contributed by atoms with E-state index in [-0.39, 0.29) is 18.4 Å². The van der Waals surface area contributed by atoms with Gasteiger partial charge in [-0.05, 0) is 25.3 Å². The molecule has 0 heterocycles. The summed E-state index contributed by atoms with van der Waals surface area (Å²) in [6.07, 6.45) is 2.60. The van der Waals surface area contributed by atoms with Gasteiger partial charge < -0.3 is 10.4 Å². The first kappa shape index (κ1) is 14.9. The first-order valence-electron chi connectivity index (χ1n) is 5.38. The maximum absolute atomic E-state index is 10.9. The van der Waals surface area contributed by atoms with Crippen molar-refractivity contribution < 1.29 is 13.5 Å². The van der Waals surface area contributed by atoms with E-state index in [4.69, 9.17) is 5.11 Å². The van der Waals surface area contributed by atoms with Crippen molar-refractivity contribution in [2.24, 2.45) is 5.92 Å². The van der Waals surface area contributed by atoms with Gasteiger partial charge in [-0.25, -0.2) is 8.42 Å². The molecule has 0 rings (SSSR count). The maximum Gasteiger partial charge on any atom is 0.147 e. The molecule has 0 saturated carbocycles. The molecule has 0 radical (unpaired) electrons. The first-order valence-corrected chi connectivity index (χ1v) is 7.45. The smallest absolute Gasteiger partial charge is 0.147 e. The van der Waals surface area contributed by atoms with Crippen molar-refractivity contribution >= 4 is 9.84 Å². The normalized spacial score (nSPS) is 14.5. The summed E-state index contributed by atoms with van der Waals surface area (Å²) in [7, 11) is -2.84. The Morgan fingerprint density at radius 1 is 1.33 bits per heavy atom. The fraction of sp³-hybridized carbons (Fsp3) is 1.00. The highest BCUT2D eigenvalue weighted by Gasteiger charge is 2.11. The van der Waals surface area contributed by atoms with E-state index in [9.17, 15) is 8.42 Å². The molecule has 5 heteroatoms. The summed E-state index contributed by atoms with van der Waals surface area (Å²) in [6.45, 7) is 5.03. The van der Waals surface area contributed by atoms with E-state index in [1.54, 1.807) is 0 Å². The lowest BCUT2D eigenvalue weighted by Crippen LogP contribution is -2.35. The number of nitrogens with one attached hydrogen (secondary N) is 1. The van der Waals surface area contributed by atoms with E-state index in [1.807, 2.05) is 0 Å². The molecule has 0 saturated heterocycles. The standard InChI is InChI=1S/C10H23NO3S/c1-9(2)10(5-7-12)11-6-4-8-15(3,13)14/h9-12H,4-8H2,1-3H3. The van der Waals surface area contributed by atoms with E-state index in [1.165, 1.54) is 6.26 Å². The van der Waals surface area contributed by atoms with Crippen LogP contribution in [0.1, 0.15) is 26.7 Å². The van der Waals surface area contributed by atoms with Crippen LogP contribution in [0.15, 0.2) is 0 Å². The third kappa shape index (κ3) is 8.84. The minimum absolute atomic E-state index is 0.169. The van der Waals surface area contributed by atoms with Crippen molar-refractivity contribution in [2.45, 2.75) is 32.7 Å². The molecular weight excluding hydrogens is 214 g/mol. The quantitative estimate of drug-likeness (QED) is 0.600. The van der Waals surface area contributed by atoms with Gasteiger partial charge in [0.1, 0.15) is 9.84 Å². The second kappa shape index (κ2) is 7.19. The minimum Gasteiger partial charge on any atom is -0.396 e. The van der Waals surface area contributed by atoms with E-state index in [2.05, 4.69) is 19.2 Å². The Hall–Kier alpha value is -0.130. The molecule has 0 amide bonds. The number of aliphatic hydroxyl groups is 1. The molecule has 0 aromatic rings. The van der Waals surface area contributed by atoms with Crippen LogP contribution in [0.25, 0.3) is 0 Å². The van der Waals surface area contributed by atoms with E-state index < -0.39 is 9.84 Å². The van der Waals surface area contributed by atoms with Gasteiger partial charge >= 0.3 is 0 Å². The predicted octanol–water partition coefficient (Wildman–Crippen LogP) is 0.418. The maximum atomic E-state index is 10.9. The summed E-state index contributed by atoms with van der Waals surface area (Å²) >= 11 is 0. The molecule has 0 aliphatic carbocycles. The second-order valence-electron chi connectivity index (χ2n) is 4.30. The molecule has 0 aliphatic rings. The van der Waals surface area contributed by atoms with Crippen molar-refractivity contribution in [1.29, 1.82) is 0 Å². The van der Waals surface area contributed by atoms with Gasteiger partial charge in [0, 0.05) is 18.9 Å². The fourth-order valence-corrected chi connectivity index (χ4v) is 2.10. The Morgan fingerprint density at radius 3 is 2.33 bits per heavy atom. The summed E-state index contributed by atoms with van der Waals surface area (Å²) in [5.41, 5.74) is 0. The lowest BCUT2D eigenvalue weighted by molar-refractivity contribution is 0.245.